The Labute approximate surface area is 108 Å². The summed E-state index contributed by atoms with van der Waals surface area (Å²) in [5.41, 5.74) is 0. The topological polar surface area (TPSA) is 77.9 Å². The quantitative estimate of drug-likeness (QED) is 0.753. The minimum atomic E-state index is -3.14. The van der Waals surface area contributed by atoms with Gasteiger partial charge in [0.25, 0.3) is 0 Å². The van der Waals surface area contributed by atoms with Gasteiger partial charge in [-0.3, -0.25) is 9.69 Å². The van der Waals surface area contributed by atoms with Gasteiger partial charge in [-0.15, -0.1) is 0 Å². The van der Waals surface area contributed by atoms with Crippen LogP contribution in [0, 0.1) is 5.92 Å². The van der Waals surface area contributed by atoms with Gasteiger partial charge < -0.3 is 5.11 Å². The predicted molar refractivity (Wildman–Crippen MR) is 66.8 cm³/mol. The SMILES string of the molecule is O=C(O)CN1CCCN(S(=O)(=O)CC2CC2)CC1. The van der Waals surface area contributed by atoms with Crippen LogP contribution in [0.5, 0.6) is 0 Å². The summed E-state index contributed by atoms with van der Waals surface area (Å²) in [7, 11) is -3.14. The molecule has 7 heteroatoms. The van der Waals surface area contributed by atoms with E-state index in [1.165, 1.54) is 4.31 Å². The minimum Gasteiger partial charge on any atom is -0.480 e. The van der Waals surface area contributed by atoms with E-state index in [0.29, 0.717) is 38.5 Å². The lowest BCUT2D eigenvalue weighted by atomic mass is 10.4. The summed E-state index contributed by atoms with van der Waals surface area (Å²) in [5, 5.41) is 8.74. The van der Waals surface area contributed by atoms with E-state index >= 15 is 0 Å². The highest BCUT2D eigenvalue weighted by Gasteiger charge is 2.32. The third kappa shape index (κ3) is 3.93. The van der Waals surface area contributed by atoms with Crippen molar-refractivity contribution in [2.45, 2.75) is 19.3 Å². The number of carboxylic acid groups (broad SMARTS) is 1. The second kappa shape index (κ2) is 5.54. The Morgan fingerprint density at radius 2 is 1.89 bits per heavy atom. The van der Waals surface area contributed by atoms with Crippen molar-refractivity contribution >= 4 is 16.0 Å². The van der Waals surface area contributed by atoms with Gasteiger partial charge in [-0.05, 0) is 25.2 Å². The average Bonchev–Trinajstić information content (AvgIpc) is 3.04. The first kappa shape index (κ1) is 13.8. The Hall–Kier alpha value is -0.660. The maximum absolute atomic E-state index is 12.1. The number of sulfonamides is 1. The van der Waals surface area contributed by atoms with Crippen LogP contribution in [0.4, 0.5) is 0 Å². The second-order valence-corrected chi connectivity index (χ2v) is 7.16. The number of hydrogen-bond donors (Lipinski definition) is 1. The molecule has 1 aliphatic heterocycles. The summed E-state index contributed by atoms with van der Waals surface area (Å²) in [6, 6.07) is 0. The van der Waals surface area contributed by atoms with Crippen molar-refractivity contribution in [1.82, 2.24) is 9.21 Å². The number of carbonyl (C=O) groups is 1. The zero-order chi connectivity index (χ0) is 13.2. The third-order valence-electron chi connectivity index (χ3n) is 3.44. The molecule has 1 N–H and O–H groups in total. The summed E-state index contributed by atoms with van der Waals surface area (Å²) in [6.07, 6.45) is 2.76. The van der Waals surface area contributed by atoms with Gasteiger partial charge in [-0.2, -0.15) is 0 Å². The molecule has 0 spiro atoms. The van der Waals surface area contributed by atoms with Crippen LogP contribution in [-0.4, -0.2) is 67.2 Å². The first-order valence-corrected chi connectivity index (χ1v) is 8.00. The lowest BCUT2D eigenvalue weighted by Crippen LogP contribution is -2.38. The zero-order valence-corrected chi connectivity index (χ0v) is 11.2. The Balaban J connectivity index is 1.89. The lowest BCUT2D eigenvalue weighted by molar-refractivity contribution is -0.138. The van der Waals surface area contributed by atoms with Crippen LogP contribution in [0.15, 0.2) is 0 Å². The van der Waals surface area contributed by atoms with Gasteiger partial charge in [0.1, 0.15) is 0 Å². The summed E-state index contributed by atoms with van der Waals surface area (Å²) >= 11 is 0. The lowest BCUT2D eigenvalue weighted by Gasteiger charge is -2.20. The predicted octanol–water partition coefficient (Wildman–Crippen LogP) is -0.181. The molecule has 0 unspecified atom stereocenters. The van der Waals surface area contributed by atoms with Crippen molar-refractivity contribution in [3.8, 4) is 0 Å². The van der Waals surface area contributed by atoms with E-state index < -0.39 is 16.0 Å². The number of carboxylic acids is 1. The Morgan fingerprint density at radius 1 is 1.17 bits per heavy atom. The highest BCUT2D eigenvalue weighted by Crippen LogP contribution is 2.31. The number of aliphatic carboxylic acids is 1. The van der Waals surface area contributed by atoms with E-state index in [1.807, 2.05) is 0 Å². The van der Waals surface area contributed by atoms with Gasteiger partial charge in [0.15, 0.2) is 0 Å². The van der Waals surface area contributed by atoms with Crippen molar-refractivity contribution in [1.29, 1.82) is 0 Å². The average molecular weight is 276 g/mol. The molecular weight excluding hydrogens is 256 g/mol. The largest absolute Gasteiger partial charge is 0.480 e. The molecule has 0 radical (unpaired) electrons. The molecule has 2 fully saturated rings. The van der Waals surface area contributed by atoms with Crippen LogP contribution in [0.1, 0.15) is 19.3 Å². The molecule has 0 amide bonds. The van der Waals surface area contributed by atoms with Crippen LogP contribution in [0.25, 0.3) is 0 Å². The summed E-state index contributed by atoms with van der Waals surface area (Å²) in [5.74, 6) is -0.232. The normalized spacial score (nSPS) is 23.8. The van der Waals surface area contributed by atoms with Crippen molar-refractivity contribution in [2.75, 3.05) is 38.5 Å². The van der Waals surface area contributed by atoms with Gasteiger partial charge >= 0.3 is 5.97 Å². The first-order chi connectivity index (χ1) is 8.47. The van der Waals surface area contributed by atoms with E-state index in [4.69, 9.17) is 5.11 Å². The van der Waals surface area contributed by atoms with Gasteiger partial charge in [0.2, 0.25) is 10.0 Å². The summed E-state index contributed by atoms with van der Waals surface area (Å²) in [4.78, 5) is 12.4. The molecule has 6 nitrogen and oxygen atoms in total. The van der Waals surface area contributed by atoms with E-state index in [9.17, 15) is 13.2 Å². The molecule has 104 valence electrons. The first-order valence-electron chi connectivity index (χ1n) is 6.39. The fraction of sp³-hybridized carbons (Fsp3) is 0.909. The standard InChI is InChI=1S/C11H20N2O4S/c14-11(15)8-12-4-1-5-13(7-6-12)18(16,17)9-10-2-3-10/h10H,1-9H2,(H,14,15). The molecule has 1 saturated carbocycles. The second-order valence-electron chi connectivity index (χ2n) is 5.14. The Morgan fingerprint density at radius 3 is 2.50 bits per heavy atom. The summed E-state index contributed by atoms with van der Waals surface area (Å²) in [6.45, 7) is 2.10. The number of nitrogens with zero attached hydrogens (tertiary/aromatic N) is 2. The maximum atomic E-state index is 12.1. The van der Waals surface area contributed by atoms with Crippen LogP contribution in [0.2, 0.25) is 0 Å². The minimum absolute atomic E-state index is 0.00346. The van der Waals surface area contributed by atoms with E-state index in [0.717, 1.165) is 12.8 Å². The molecule has 0 aromatic heterocycles. The van der Waals surface area contributed by atoms with Gasteiger partial charge in [0, 0.05) is 26.2 Å². The molecule has 18 heavy (non-hydrogen) atoms. The molecule has 1 saturated heterocycles. The molecule has 0 bridgehead atoms. The molecule has 2 rings (SSSR count). The van der Waals surface area contributed by atoms with Crippen molar-refractivity contribution in [2.24, 2.45) is 5.92 Å². The number of rotatable bonds is 5. The van der Waals surface area contributed by atoms with Crippen LogP contribution in [0.3, 0.4) is 0 Å². The molecule has 2 aliphatic rings. The van der Waals surface area contributed by atoms with E-state index in [2.05, 4.69) is 0 Å². The number of hydrogen-bond acceptors (Lipinski definition) is 4. The third-order valence-corrected chi connectivity index (χ3v) is 5.49. The fourth-order valence-corrected chi connectivity index (χ4v) is 4.17. The fourth-order valence-electron chi connectivity index (χ4n) is 2.26. The van der Waals surface area contributed by atoms with Gasteiger partial charge in [-0.1, -0.05) is 0 Å². The Bertz CT molecular complexity index is 405. The van der Waals surface area contributed by atoms with Crippen molar-refractivity contribution in [3.63, 3.8) is 0 Å². The molecular formula is C11H20N2O4S. The Kier molecular flexibility index (Phi) is 4.24. The molecule has 1 heterocycles. The van der Waals surface area contributed by atoms with E-state index in [-0.39, 0.29) is 12.3 Å². The van der Waals surface area contributed by atoms with Gasteiger partial charge in [-0.25, -0.2) is 12.7 Å². The smallest absolute Gasteiger partial charge is 0.317 e. The molecule has 1 aliphatic carbocycles. The maximum Gasteiger partial charge on any atom is 0.317 e. The van der Waals surface area contributed by atoms with E-state index in [1.54, 1.807) is 4.90 Å². The molecule has 0 atom stereocenters. The molecule has 0 aromatic carbocycles. The zero-order valence-electron chi connectivity index (χ0n) is 10.4. The summed E-state index contributed by atoms with van der Waals surface area (Å²) < 4.78 is 25.8. The highest BCUT2D eigenvalue weighted by molar-refractivity contribution is 7.89. The highest BCUT2D eigenvalue weighted by atomic mass is 32.2. The van der Waals surface area contributed by atoms with Crippen molar-refractivity contribution < 1.29 is 18.3 Å². The molecule has 0 aromatic rings. The van der Waals surface area contributed by atoms with Crippen LogP contribution >= 0.6 is 0 Å². The monoisotopic (exact) mass is 276 g/mol. The van der Waals surface area contributed by atoms with Crippen molar-refractivity contribution in [3.05, 3.63) is 0 Å². The van der Waals surface area contributed by atoms with Crippen LogP contribution in [-0.2, 0) is 14.8 Å². The van der Waals surface area contributed by atoms with Crippen LogP contribution < -0.4 is 0 Å². The van der Waals surface area contributed by atoms with Gasteiger partial charge in [0.05, 0.1) is 12.3 Å².